The first kappa shape index (κ1) is 35.1. The molecule has 1 aromatic rings. The molecule has 0 N–H and O–H groups in total. The van der Waals surface area contributed by atoms with Crippen molar-refractivity contribution in [1.29, 1.82) is 0 Å². The fourth-order valence-electron chi connectivity index (χ4n) is 7.24. The molecule has 0 atom stereocenters. The molecule has 1 aromatic carbocycles. The van der Waals surface area contributed by atoms with Crippen molar-refractivity contribution in [3.63, 3.8) is 0 Å². The average molecular weight is 699 g/mol. The summed E-state index contributed by atoms with van der Waals surface area (Å²) in [4.78, 5) is 4.78. The van der Waals surface area contributed by atoms with Gasteiger partial charge in [0, 0.05) is 7.92 Å². The molecule has 6 heteroatoms. The van der Waals surface area contributed by atoms with E-state index in [2.05, 4.69) is 44.2 Å². The molecule has 0 aromatic heterocycles. The van der Waals surface area contributed by atoms with Crippen LogP contribution in [0.15, 0.2) is 30.3 Å². The van der Waals surface area contributed by atoms with E-state index in [-0.39, 0.29) is 7.92 Å². The molecule has 5 rings (SSSR count). The number of benzene rings is 1. The van der Waals surface area contributed by atoms with E-state index in [1.165, 1.54) is 30.1 Å². The molecule has 232 valence electrons. The molecule has 1 aliphatic heterocycles. The molecular formula is C34H59Cl2N2PRu. The first-order chi connectivity index (χ1) is 19.3. The number of halogens is 2. The Morgan fingerprint density at radius 3 is 1.35 bits per heavy atom. The van der Waals surface area contributed by atoms with Crippen LogP contribution in [0.4, 0.5) is 0 Å². The summed E-state index contributed by atoms with van der Waals surface area (Å²) in [5.41, 5.74) is 4.80. The van der Waals surface area contributed by atoms with Gasteiger partial charge < -0.3 is 9.80 Å². The van der Waals surface area contributed by atoms with Crippen LogP contribution in [0.3, 0.4) is 0 Å². The van der Waals surface area contributed by atoms with Gasteiger partial charge in [0.25, 0.3) is 0 Å². The molecule has 3 saturated carbocycles. The van der Waals surface area contributed by atoms with Gasteiger partial charge in [-0.25, -0.2) is 6.67 Å². The van der Waals surface area contributed by atoms with Gasteiger partial charge in [0.1, 0.15) is 0 Å². The summed E-state index contributed by atoms with van der Waals surface area (Å²) in [5.74, 6) is 0. The van der Waals surface area contributed by atoms with Crippen LogP contribution in [0.1, 0.15) is 130 Å². The molecule has 0 radical (unpaired) electrons. The fraction of sp³-hybridized carbons (Fsp3) is 0.765. The molecule has 1 saturated heterocycles. The van der Waals surface area contributed by atoms with E-state index < -0.39 is 13.5 Å². The van der Waals surface area contributed by atoms with Crippen molar-refractivity contribution in [2.75, 3.05) is 13.1 Å². The Labute approximate surface area is 262 Å². The molecular weight excluding hydrogens is 639 g/mol. The number of nitrogens with zero attached hydrogens (tertiary/aromatic N) is 2. The molecule has 40 heavy (non-hydrogen) atoms. The Bertz CT molecular complexity index is 758. The van der Waals surface area contributed by atoms with Gasteiger partial charge in [-0.3, -0.25) is 0 Å². The minimum absolute atomic E-state index is 0.0465. The van der Waals surface area contributed by atoms with Gasteiger partial charge in [-0.05, 0) is 102 Å². The number of hydrogen-bond acceptors (Lipinski definition) is 2. The van der Waals surface area contributed by atoms with Crippen molar-refractivity contribution < 1.29 is 13.5 Å². The summed E-state index contributed by atoms with van der Waals surface area (Å²) in [6.45, 7) is 13.6. The topological polar surface area (TPSA) is 6.48 Å². The molecule has 1 heterocycles. The predicted molar refractivity (Wildman–Crippen MR) is 180 cm³/mol. The van der Waals surface area contributed by atoms with Crippen LogP contribution in [0, 0.1) is 6.67 Å². The van der Waals surface area contributed by atoms with E-state index in [1.807, 2.05) is 34.9 Å². The summed E-state index contributed by atoms with van der Waals surface area (Å²) in [5, 5.41) is 0. The SMILES string of the molecule is C1CCC([PH+](C2CCCCC2)C2CCCCC2)CC1.CC(C)N1[CH-]N(C(C)C)CC1.[Cl][Ru]([Cl])=[CH]c1ccccc1. The third-order valence-electron chi connectivity index (χ3n) is 9.46. The quantitative estimate of drug-likeness (QED) is 0.166. The van der Waals surface area contributed by atoms with Crippen molar-refractivity contribution in [1.82, 2.24) is 9.80 Å². The van der Waals surface area contributed by atoms with Gasteiger partial charge in [-0.15, -0.1) is 0 Å². The van der Waals surface area contributed by atoms with Crippen LogP contribution in [0.25, 0.3) is 0 Å². The molecule has 0 unspecified atom stereocenters. The molecule has 4 aliphatic rings. The monoisotopic (exact) mass is 698 g/mol. The van der Waals surface area contributed by atoms with Crippen molar-refractivity contribution in [3.05, 3.63) is 42.6 Å². The van der Waals surface area contributed by atoms with E-state index in [0.717, 1.165) is 5.56 Å². The zero-order valence-electron chi connectivity index (χ0n) is 26.0. The van der Waals surface area contributed by atoms with Crippen LogP contribution >= 0.6 is 27.3 Å². The molecule has 2 nitrogen and oxygen atoms in total. The first-order valence-corrected chi connectivity index (χ1v) is 23.7. The maximum absolute atomic E-state index is 5.67. The van der Waals surface area contributed by atoms with E-state index in [0.29, 0.717) is 12.1 Å². The Hall–Kier alpha value is 0.643. The minimum atomic E-state index is -1.61. The number of hydrogen-bond donors (Lipinski definition) is 0. The van der Waals surface area contributed by atoms with Crippen LogP contribution in [-0.2, 0) is 13.5 Å². The van der Waals surface area contributed by atoms with Gasteiger partial charge in [-0.2, -0.15) is 0 Å². The third-order valence-corrected chi connectivity index (χ3v) is 15.9. The van der Waals surface area contributed by atoms with E-state index >= 15 is 0 Å². The summed E-state index contributed by atoms with van der Waals surface area (Å²) in [6.07, 6.45) is 23.8. The standard InChI is InChI=1S/C18H33P.C9H19N2.C7H6.2ClH.Ru/c1-4-10-16(11-5-1)19(17-12-6-2-7-13-17)18-14-8-3-9-15-18;1-8(2)10-5-6-11(7-10)9(3)4;1-7-5-3-2-4-6-7;;;/h16-18H,1-15H2;7-9H,5-6H2,1-4H3;1-6H;2*1H;/q;-1;;;;+2/p-1. The Morgan fingerprint density at radius 1 is 0.675 bits per heavy atom. The Kier molecular flexibility index (Phi) is 17.4. The molecule has 0 amide bonds. The van der Waals surface area contributed by atoms with Gasteiger partial charge in [0.15, 0.2) is 0 Å². The van der Waals surface area contributed by atoms with E-state index in [9.17, 15) is 0 Å². The zero-order chi connectivity index (χ0) is 28.7. The van der Waals surface area contributed by atoms with Crippen molar-refractivity contribution >= 4 is 31.9 Å². The first-order valence-electron chi connectivity index (χ1n) is 16.5. The summed E-state index contributed by atoms with van der Waals surface area (Å²) >= 11 is -1.61. The van der Waals surface area contributed by atoms with Gasteiger partial charge in [0.05, 0.1) is 17.0 Å². The zero-order valence-corrected chi connectivity index (χ0v) is 30.2. The molecule has 0 bridgehead atoms. The van der Waals surface area contributed by atoms with Crippen LogP contribution in [-0.4, -0.2) is 56.6 Å². The Morgan fingerprint density at radius 2 is 1.05 bits per heavy atom. The van der Waals surface area contributed by atoms with Crippen molar-refractivity contribution in [2.45, 2.75) is 153 Å². The maximum atomic E-state index is 5.67. The van der Waals surface area contributed by atoms with Crippen LogP contribution in [0.2, 0.25) is 0 Å². The summed E-state index contributed by atoms with van der Waals surface area (Å²) < 4.78 is 1.92. The third kappa shape index (κ3) is 12.7. The molecule has 4 fully saturated rings. The second-order valence-corrected chi connectivity index (χ2v) is 22.2. The normalized spacial score (nSPS) is 22.6. The van der Waals surface area contributed by atoms with Gasteiger partial charge in [0.2, 0.25) is 0 Å². The van der Waals surface area contributed by atoms with Crippen molar-refractivity contribution in [3.8, 4) is 0 Å². The van der Waals surface area contributed by atoms with Crippen LogP contribution < -0.4 is 0 Å². The second kappa shape index (κ2) is 19.8. The second-order valence-electron chi connectivity index (χ2n) is 13.0. The molecule has 3 aliphatic carbocycles. The fourth-order valence-corrected chi connectivity index (χ4v) is 14.3. The summed E-state index contributed by atoms with van der Waals surface area (Å²) in [7, 11) is 11.3. The average Bonchev–Trinajstić information content (AvgIpc) is 3.48. The van der Waals surface area contributed by atoms with E-state index in [4.69, 9.17) is 19.4 Å². The van der Waals surface area contributed by atoms with E-state index in [1.54, 1.807) is 96.3 Å². The predicted octanol–water partition coefficient (Wildman–Crippen LogP) is 10.5. The Balaban J connectivity index is 0.000000180. The summed E-state index contributed by atoms with van der Waals surface area (Å²) in [6, 6.07) is 11.2. The van der Waals surface area contributed by atoms with Gasteiger partial charge >= 0.3 is 73.4 Å². The number of rotatable bonds is 6. The van der Waals surface area contributed by atoms with Crippen molar-refractivity contribution in [2.24, 2.45) is 0 Å². The van der Waals surface area contributed by atoms with Crippen LogP contribution in [0.5, 0.6) is 0 Å². The van der Waals surface area contributed by atoms with Gasteiger partial charge in [-0.1, -0.05) is 47.0 Å². The molecule has 0 spiro atoms.